The molecule has 2 rings (SSSR count). The predicted octanol–water partition coefficient (Wildman–Crippen LogP) is 3.74. The number of esters is 1. The van der Waals surface area contributed by atoms with E-state index in [4.69, 9.17) is 9.47 Å². The molecule has 0 saturated carbocycles. The van der Waals surface area contributed by atoms with Gasteiger partial charge in [-0.3, -0.25) is 19.7 Å². The van der Waals surface area contributed by atoms with Gasteiger partial charge in [-0.25, -0.2) is 0 Å². The Bertz CT molecular complexity index is 897. The second-order valence-corrected chi connectivity index (χ2v) is 7.03. The molecule has 2 aromatic rings. The van der Waals surface area contributed by atoms with Crippen molar-refractivity contribution in [3.63, 3.8) is 0 Å². The van der Waals surface area contributed by atoms with Crippen molar-refractivity contribution in [2.24, 2.45) is 0 Å². The summed E-state index contributed by atoms with van der Waals surface area (Å²) < 4.78 is 10.3. The van der Waals surface area contributed by atoms with Crippen molar-refractivity contribution in [2.45, 2.75) is 45.3 Å². The van der Waals surface area contributed by atoms with Gasteiger partial charge < -0.3 is 14.8 Å². The van der Waals surface area contributed by atoms with Crippen LogP contribution < -0.4 is 10.1 Å². The summed E-state index contributed by atoms with van der Waals surface area (Å²) >= 11 is 0. The minimum absolute atomic E-state index is 0.156. The van der Waals surface area contributed by atoms with E-state index in [0.29, 0.717) is 12.2 Å². The van der Waals surface area contributed by atoms with Gasteiger partial charge >= 0.3 is 5.97 Å². The molecule has 0 aliphatic carbocycles. The molecule has 2 aromatic carbocycles. The van der Waals surface area contributed by atoms with E-state index < -0.39 is 16.9 Å². The fraction of sp³-hybridized carbons (Fsp3) is 0.364. The number of methoxy groups -OCH3 is 1. The maximum Gasteiger partial charge on any atom is 0.308 e. The molecular formula is C22H26N2O6. The first-order valence-electron chi connectivity index (χ1n) is 9.65. The zero-order valence-corrected chi connectivity index (χ0v) is 17.3. The summed E-state index contributed by atoms with van der Waals surface area (Å²) in [6.07, 6.45) is 0.0910. The molecule has 1 N–H and O–H groups in total. The maximum atomic E-state index is 12.6. The van der Waals surface area contributed by atoms with Crippen molar-refractivity contribution in [3.05, 3.63) is 69.8 Å². The molecule has 0 bridgehead atoms. The van der Waals surface area contributed by atoms with E-state index in [2.05, 4.69) is 5.32 Å². The third-order valence-corrected chi connectivity index (χ3v) is 4.36. The van der Waals surface area contributed by atoms with Gasteiger partial charge in [0.1, 0.15) is 5.75 Å². The molecule has 0 aliphatic heterocycles. The number of carbonyl (C=O) groups excluding carboxylic acids is 2. The Morgan fingerprint density at radius 3 is 2.53 bits per heavy atom. The van der Waals surface area contributed by atoms with Crippen molar-refractivity contribution >= 4 is 17.6 Å². The van der Waals surface area contributed by atoms with E-state index in [1.165, 1.54) is 18.2 Å². The van der Waals surface area contributed by atoms with E-state index in [1.54, 1.807) is 27.0 Å². The zero-order chi connectivity index (χ0) is 22.1. The Morgan fingerprint density at radius 1 is 1.13 bits per heavy atom. The Hall–Kier alpha value is -3.42. The number of hydrogen-bond donors (Lipinski definition) is 1. The number of ether oxygens (including phenoxy) is 2. The molecule has 0 aromatic heterocycles. The lowest BCUT2D eigenvalue weighted by atomic mass is 10.0. The molecule has 30 heavy (non-hydrogen) atoms. The number of amides is 1. The first kappa shape index (κ1) is 22.9. The zero-order valence-electron chi connectivity index (χ0n) is 17.3. The van der Waals surface area contributed by atoms with Crippen LogP contribution in [0.3, 0.4) is 0 Å². The Morgan fingerprint density at radius 2 is 1.87 bits per heavy atom. The molecule has 1 amide bonds. The molecule has 0 fully saturated rings. The van der Waals surface area contributed by atoms with Crippen molar-refractivity contribution in [1.29, 1.82) is 0 Å². The van der Waals surface area contributed by atoms with Crippen LogP contribution in [0, 0.1) is 10.1 Å². The third-order valence-electron chi connectivity index (χ3n) is 4.36. The number of carbonyl (C=O) groups is 2. The largest absolute Gasteiger partial charge is 0.497 e. The first-order chi connectivity index (χ1) is 14.3. The van der Waals surface area contributed by atoms with Crippen LogP contribution in [-0.2, 0) is 20.7 Å². The fourth-order valence-electron chi connectivity index (χ4n) is 3.02. The number of para-hydroxylation sites is 1. The molecule has 0 spiro atoms. The average Bonchev–Trinajstić information content (AvgIpc) is 2.71. The quantitative estimate of drug-likeness (QED) is 0.360. The van der Waals surface area contributed by atoms with E-state index in [1.807, 2.05) is 24.3 Å². The smallest absolute Gasteiger partial charge is 0.308 e. The summed E-state index contributed by atoms with van der Waals surface area (Å²) in [4.78, 5) is 35.6. The number of rotatable bonds is 10. The summed E-state index contributed by atoms with van der Waals surface area (Å²) in [5.41, 5.74) is 1.02. The van der Waals surface area contributed by atoms with Crippen LogP contribution >= 0.6 is 0 Å². The number of nitro groups is 1. The van der Waals surface area contributed by atoms with Crippen LogP contribution in [0.1, 0.15) is 43.9 Å². The third kappa shape index (κ3) is 6.88. The van der Waals surface area contributed by atoms with Gasteiger partial charge in [0.15, 0.2) is 0 Å². The monoisotopic (exact) mass is 414 g/mol. The number of aryl methyl sites for hydroxylation is 1. The van der Waals surface area contributed by atoms with E-state index in [-0.39, 0.29) is 36.1 Å². The summed E-state index contributed by atoms with van der Waals surface area (Å²) in [7, 11) is 1.57. The number of nitrogens with zero attached hydrogens (tertiary/aromatic N) is 1. The molecule has 0 heterocycles. The molecule has 0 aliphatic rings. The van der Waals surface area contributed by atoms with Gasteiger partial charge in [-0.05, 0) is 38.0 Å². The van der Waals surface area contributed by atoms with Crippen molar-refractivity contribution in [2.75, 3.05) is 7.11 Å². The molecule has 1 unspecified atom stereocenters. The fourth-order valence-corrected chi connectivity index (χ4v) is 3.02. The lowest BCUT2D eigenvalue weighted by molar-refractivity contribution is -0.385. The number of hydrogen-bond acceptors (Lipinski definition) is 6. The highest BCUT2D eigenvalue weighted by molar-refractivity contribution is 5.78. The highest BCUT2D eigenvalue weighted by Gasteiger charge is 2.26. The second-order valence-electron chi connectivity index (χ2n) is 7.03. The van der Waals surface area contributed by atoms with Gasteiger partial charge in [-0.15, -0.1) is 0 Å². The molecule has 0 saturated heterocycles. The van der Waals surface area contributed by atoms with Gasteiger partial charge in [0, 0.05) is 12.5 Å². The van der Waals surface area contributed by atoms with Crippen molar-refractivity contribution in [1.82, 2.24) is 5.32 Å². The summed E-state index contributed by atoms with van der Waals surface area (Å²) in [6.45, 7) is 3.43. The summed E-state index contributed by atoms with van der Waals surface area (Å²) in [5.74, 6) is -0.165. The highest BCUT2D eigenvalue weighted by atomic mass is 16.6. The molecule has 0 radical (unpaired) electrons. The van der Waals surface area contributed by atoms with Gasteiger partial charge in [0.2, 0.25) is 5.91 Å². The molecule has 1 atom stereocenters. The van der Waals surface area contributed by atoms with Crippen LogP contribution in [-0.4, -0.2) is 30.0 Å². The molecule has 8 nitrogen and oxygen atoms in total. The Balaban J connectivity index is 2.15. The molecule has 8 heteroatoms. The standard InChI is InChI=1S/C22H26N2O6/c1-15(2)30-22(26)14-19(18-9-4-5-10-20(18)24(27)28)23-21(25)12-11-16-7-6-8-17(13-16)29-3/h4-10,13,15,19H,11-12,14H2,1-3H3,(H,23,25). The Kier molecular flexibility index (Phi) is 8.34. The lowest BCUT2D eigenvalue weighted by Crippen LogP contribution is -2.31. The molecular weight excluding hydrogens is 388 g/mol. The normalized spacial score (nSPS) is 11.6. The Labute approximate surface area is 175 Å². The number of nitro benzene ring substituents is 1. The van der Waals surface area contributed by atoms with E-state index >= 15 is 0 Å². The average molecular weight is 414 g/mol. The van der Waals surface area contributed by atoms with Crippen molar-refractivity contribution in [3.8, 4) is 5.75 Å². The summed E-state index contributed by atoms with van der Waals surface area (Å²) in [6, 6.07) is 12.6. The predicted molar refractivity (Wildman–Crippen MR) is 111 cm³/mol. The van der Waals surface area contributed by atoms with E-state index in [0.717, 1.165) is 5.56 Å². The first-order valence-corrected chi connectivity index (χ1v) is 9.65. The topological polar surface area (TPSA) is 108 Å². The van der Waals surface area contributed by atoms with Gasteiger partial charge in [-0.2, -0.15) is 0 Å². The minimum Gasteiger partial charge on any atom is -0.497 e. The van der Waals surface area contributed by atoms with Crippen LogP contribution in [0.15, 0.2) is 48.5 Å². The lowest BCUT2D eigenvalue weighted by Gasteiger charge is -2.19. The van der Waals surface area contributed by atoms with Crippen molar-refractivity contribution < 1.29 is 24.0 Å². The van der Waals surface area contributed by atoms with E-state index in [9.17, 15) is 19.7 Å². The van der Waals surface area contributed by atoms with Gasteiger partial charge in [0.05, 0.1) is 36.2 Å². The maximum absolute atomic E-state index is 12.6. The molecule has 160 valence electrons. The minimum atomic E-state index is -0.865. The van der Waals surface area contributed by atoms with Crippen LogP contribution in [0.25, 0.3) is 0 Å². The highest BCUT2D eigenvalue weighted by Crippen LogP contribution is 2.27. The summed E-state index contributed by atoms with van der Waals surface area (Å²) in [5, 5.41) is 14.2. The van der Waals surface area contributed by atoms with Gasteiger partial charge in [-0.1, -0.05) is 30.3 Å². The van der Waals surface area contributed by atoms with Crippen LogP contribution in [0.2, 0.25) is 0 Å². The van der Waals surface area contributed by atoms with Crippen LogP contribution in [0.5, 0.6) is 5.75 Å². The number of benzene rings is 2. The second kappa shape index (κ2) is 10.9. The van der Waals surface area contributed by atoms with Gasteiger partial charge in [0.25, 0.3) is 5.69 Å². The number of nitrogens with one attached hydrogen (secondary N) is 1. The SMILES string of the molecule is COc1cccc(CCC(=O)NC(CC(=O)OC(C)C)c2ccccc2[N+](=O)[O-])c1. The van der Waals surface area contributed by atoms with Crippen LogP contribution in [0.4, 0.5) is 5.69 Å².